The van der Waals surface area contributed by atoms with Crippen LogP contribution < -0.4 is 14.2 Å². The second kappa shape index (κ2) is 18.8. The average molecular weight is 594 g/mol. The standard InChI is InChI=1S/C35H54Cl2O3/c1-25(2)10-8-12-27(5)14-16-39-32-18-29(34-20-31(24-37)35(38-7)21-30(34)23-36)19-33(22-32)40-17-15-28(6)13-9-11-26(3)4/h18-22,25-28H,8-17,23-24H2,1-7H3. The molecule has 0 aromatic heterocycles. The van der Waals surface area contributed by atoms with Gasteiger partial charge in [0.15, 0.2) is 0 Å². The number of halogens is 2. The Labute approximate surface area is 255 Å². The molecule has 2 atom stereocenters. The average Bonchev–Trinajstić information content (AvgIpc) is 2.91. The number of benzene rings is 2. The SMILES string of the molecule is COc1cc(CCl)c(-c2cc(OCCC(C)CCCC(C)C)cc(OCCC(C)CCCC(C)C)c2)cc1CCl. The lowest BCUT2D eigenvalue weighted by Gasteiger charge is -2.18. The lowest BCUT2D eigenvalue weighted by Crippen LogP contribution is -2.07. The van der Waals surface area contributed by atoms with Gasteiger partial charge in [-0.25, -0.2) is 0 Å². The summed E-state index contributed by atoms with van der Waals surface area (Å²) in [7, 11) is 1.66. The molecule has 0 spiro atoms. The van der Waals surface area contributed by atoms with Gasteiger partial charge < -0.3 is 14.2 Å². The van der Waals surface area contributed by atoms with Gasteiger partial charge in [-0.15, -0.1) is 23.2 Å². The lowest BCUT2D eigenvalue weighted by atomic mass is 9.97. The molecular formula is C35H54Cl2O3. The van der Waals surface area contributed by atoms with Gasteiger partial charge in [0.1, 0.15) is 17.2 Å². The molecule has 0 saturated heterocycles. The summed E-state index contributed by atoms with van der Waals surface area (Å²) in [4.78, 5) is 0. The van der Waals surface area contributed by atoms with Crippen LogP contribution in [0.3, 0.4) is 0 Å². The van der Waals surface area contributed by atoms with Gasteiger partial charge in [0, 0.05) is 17.5 Å². The van der Waals surface area contributed by atoms with Gasteiger partial charge in [0.25, 0.3) is 0 Å². The highest BCUT2D eigenvalue weighted by Crippen LogP contribution is 2.37. The van der Waals surface area contributed by atoms with Crippen LogP contribution in [0.25, 0.3) is 11.1 Å². The monoisotopic (exact) mass is 592 g/mol. The molecule has 0 bridgehead atoms. The van der Waals surface area contributed by atoms with E-state index in [-0.39, 0.29) is 0 Å². The zero-order chi connectivity index (χ0) is 29.5. The van der Waals surface area contributed by atoms with E-state index in [1.165, 1.54) is 38.5 Å². The third-order valence-electron chi connectivity index (χ3n) is 7.70. The smallest absolute Gasteiger partial charge is 0.123 e. The van der Waals surface area contributed by atoms with Crippen molar-refractivity contribution >= 4 is 23.2 Å². The zero-order valence-electron chi connectivity index (χ0n) is 26.2. The second-order valence-corrected chi connectivity index (χ2v) is 13.0. The third-order valence-corrected chi connectivity index (χ3v) is 8.28. The van der Waals surface area contributed by atoms with Crippen molar-refractivity contribution in [3.8, 4) is 28.4 Å². The summed E-state index contributed by atoms with van der Waals surface area (Å²) in [6.07, 6.45) is 9.72. The number of hydrogen-bond acceptors (Lipinski definition) is 3. The van der Waals surface area contributed by atoms with Crippen LogP contribution in [0.2, 0.25) is 0 Å². The summed E-state index contributed by atoms with van der Waals surface area (Å²) < 4.78 is 18.2. The van der Waals surface area contributed by atoms with Crippen LogP contribution in [-0.4, -0.2) is 20.3 Å². The minimum atomic E-state index is 0.363. The molecule has 2 unspecified atom stereocenters. The number of hydrogen-bond donors (Lipinski definition) is 0. The van der Waals surface area contributed by atoms with Crippen molar-refractivity contribution in [2.75, 3.05) is 20.3 Å². The van der Waals surface area contributed by atoms with Gasteiger partial charge >= 0.3 is 0 Å². The maximum absolute atomic E-state index is 6.39. The summed E-state index contributed by atoms with van der Waals surface area (Å²) in [5.41, 5.74) is 3.98. The van der Waals surface area contributed by atoms with Gasteiger partial charge in [-0.1, -0.05) is 80.1 Å². The Hall–Kier alpha value is -1.58. The van der Waals surface area contributed by atoms with Crippen molar-refractivity contribution in [1.29, 1.82) is 0 Å². The number of alkyl halides is 2. The summed E-state index contributed by atoms with van der Waals surface area (Å²) >= 11 is 12.7. The lowest BCUT2D eigenvalue weighted by molar-refractivity contribution is 0.264. The quantitative estimate of drug-likeness (QED) is 0.143. The van der Waals surface area contributed by atoms with E-state index < -0.39 is 0 Å². The van der Waals surface area contributed by atoms with Crippen molar-refractivity contribution in [2.45, 2.75) is 105 Å². The fourth-order valence-electron chi connectivity index (χ4n) is 5.03. The molecule has 0 radical (unpaired) electrons. The molecule has 40 heavy (non-hydrogen) atoms. The molecule has 2 aromatic rings. The molecule has 5 heteroatoms. The first kappa shape index (κ1) is 34.6. The van der Waals surface area contributed by atoms with Crippen molar-refractivity contribution in [2.24, 2.45) is 23.7 Å². The van der Waals surface area contributed by atoms with E-state index in [2.05, 4.69) is 59.7 Å². The third kappa shape index (κ3) is 12.5. The molecule has 0 aliphatic rings. The number of rotatable bonds is 20. The Morgan fingerprint density at radius 3 is 1.52 bits per heavy atom. The Bertz CT molecular complexity index is 945. The maximum Gasteiger partial charge on any atom is 0.123 e. The summed E-state index contributed by atoms with van der Waals surface area (Å²) in [5, 5.41) is 0. The van der Waals surface area contributed by atoms with Gasteiger partial charge in [-0.3, -0.25) is 0 Å². The van der Waals surface area contributed by atoms with Crippen LogP contribution >= 0.6 is 23.2 Å². The first-order valence-electron chi connectivity index (χ1n) is 15.4. The Balaban J connectivity index is 2.19. The van der Waals surface area contributed by atoms with E-state index in [0.29, 0.717) is 36.8 Å². The van der Waals surface area contributed by atoms with Crippen LogP contribution in [0.5, 0.6) is 17.2 Å². The highest BCUT2D eigenvalue weighted by Gasteiger charge is 2.15. The molecule has 0 N–H and O–H groups in total. The normalized spacial score (nSPS) is 13.1. The Morgan fingerprint density at radius 1 is 0.600 bits per heavy atom. The molecule has 0 amide bonds. The number of ether oxygens (including phenoxy) is 3. The molecule has 0 aliphatic heterocycles. The molecule has 2 aromatic carbocycles. The van der Waals surface area contributed by atoms with Crippen LogP contribution in [0.15, 0.2) is 30.3 Å². The predicted octanol–water partition coefficient (Wildman–Crippen LogP) is 11.3. The first-order valence-corrected chi connectivity index (χ1v) is 16.5. The van der Waals surface area contributed by atoms with E-state index in [9.17, 15) is 0 Å². The van der Waals surface area contributed by atoms with Crippen LogP contribution in [0.1, 0.15) is 104 Å². The molecule has 0 heterocycles. The molecular weight excluding hydrogens is 539 g/mol. The molecule has 0 saturated carbocycles. The molecule has 0 fully saturated rings. The summed E-state index contributed by atoms with van der Waals surface area (Å²) in [5.74, 6) is 5.98. The van der Waals surface area contributed by atoms with Gasteiger partial charge in [0.2, 0.25) is 0 Å². The van der Waals surface area contributed by atoms with Gasteiger partial charge in [-0.05, 0) is 77.5 Å². The predicted molar refractivity (Wildman–Crippen MR) is 173 cm³/mol. The second-order valence-electron chi connectivity index (χ2n) is 12.4. The first-order chi connectivity index (χ1) is 19.2. The van der Waals surface area contributed by atoms with Crippen molar-refractivity contribution in [1.82, 2.24) is 0 Å². The minimum Gasteiger partial charge on any atom is -0.496 e. The minimum absolute atomic E-state index is 0.363. The van der Waals surface area contributed by atoms with Gasteiger partial charge in [-0.2, -0.15) is 0 Å². The van der Waals surface area contributed by atoms with E-state index in [1.54, 1.807) is 7.11 Å². The van der Waals surface area contributed by atoms with Crippen molar-refractivity contribution < 1.29 is 14.2 Å². The Morgan fingerprint density at radius 2 is 1.10 bits per heavy atom. The molecule has 2 rings (SSSR count). The topological polar surface area (TPSA) is 27.7 Å². The maximum atomic E-state index is 6.39. The Kier molecular flexibility index (Phi) is 16.2. The fourth-order valence-corrected chi connectivity index (χ4v) is 5.46. The van der Waals surface area contributed by atoms with Crippen LogP contribution in [-0.2, 0) is 11.8 Å². The van der Waals surface area contributed by atoms with E-state index >= 15 is 0 Å². The molecule has 0 aliphatic carbocycles. The van der Waals surface area contributed by atoms with Crippen molar-refractivity contribution in [3.05, 3.63) is 41.5 Å². The molecule has 3 nitrogen and oxygen atoms in total. The molecule has 226 valence electrons. The zero-order valence-corrected chi connectivity index (χ0v) is 27.7. The fraction of sp³-hybridized carbons (Fsp3) is 0.657. The summed E-state index contributed by atoms with van der Waals surface area (Å²) in [6.45, 7) is 15.2. The van der Waals surface area contributed by atoms with Crippen LogP contribution in [0, 0.1) is 23.7 Å². The van der Waals surface area contributed by atoms with Gasteiger partial charge in [0.05, 0.1) is 26.2 Å². The van der Waals surface area contributed by atoms with E-state index in [0.717, 1.165) is 64.2 Å². The summed E-state index contributed by atoms with van der Waals surface area (Å²) in [6, 6.07) is 10.3. The van der Waals surface area contributed by atoms with Crippen LogP contribution in [0.4, 0.5) is 0 Å². The number of methoxy groups -OCH3 is 1. The van der Waals surface area contributed by atoms with E-state index in [1.807, 2.05) is 12.1 Å². The highest BCUT2D eigenvalue weighted by molar-refractivity contribution is 6.18. The highest BCUT2D eigenvalue weighted by atomic mass is 35.5. The largest absolute Gasteiger partial charge is 0.496 e. The van der Waals surface area contributed by atoms with E-state index in [4.69, 9.17) is 37.4 Å². The van der Waals surface area contributed by atoms with Crippen molar-refractivity contribution in [3.63, 3.8) is 0 Å².